The molecule has 3 rings (SSSR count). The van der Waals surface area contributed by atoms with E-state index < -0.39 is 51.2 Å². The molecule has 0 aromatic heterocycles. The summed E-state index contributed by atoms with van der Waals surface area (Å²) in [6.07, 6.45) is -2.12. The van der Waals surface area contributed by atoms with E-state index >= 15 is 0 Å². The van der Waals surface area contributed by atoms with Crippen molar-refractivity contribution in [1.82, 2.24) is 10.2 Å². The minimum absolute atomic E-state index is 0.100. The first-order valence-electron chi connectivity index (χ1n) is 10.5. The van der Waals surface area contributed by atoms with E-state index in [4.69, 9.17) is 9.47 Å². The van der Waals surface area contributed by atoms with Crippen LogP contribution >= 0.6 is 23.5 Å². The van der Waals surface area contributed by atoms with Gasteiger partial charge in [0.15, 0.2) is 0 Å². The normalized spacial score (nSPS) is 19.7. The molecule has 0 spiro atoms. The van der Waals surface area contributed by atoms with Crippen LogP contribution < -0.4 is 5.32 Å². The van der Waals surface area contributed by atoms with Crippen LogP contribution in [-0.2, 0) is 35.3 Å². The van der Waals surface area contributed by atoms with Crippen LogP contribution in [0, 0.1) is 16.0 Å². The molecule has 3 atom stereocenters. The largest absolute Gasteiger partial charge is 0.508 e. The number of aliphatic carboxylic acids is 1. The molecule has 13 nitrogen and oxygen atoms in total. The fourth-order valence-electron chi connectivity index (χ4n) is 3.47. The number of hydrogen-bond donors (Lipinski definition) is 2. The number of amides is 2. The number of nitro groups is 1. The van der Waals surface area contributed by atoms with Gasteiger partial charge in [-0.15, -0.1) is 11.8 Å². The number of nitro benzene ring substituents is 1. The van der Waals surface area contributed by atoms with Crippen LogP contribution in [0.15, 0.2) is 34.9 Å². The van der Waals surface area contributed by atoms with Gasteiger partial charge in [0.1, 0.15) is 29.7 Å². The molecule has 36 heavy (non-hydrogen) atoms. The predicted molar refractivity (Wildman–Crippen MR) is 126 cm³/mol. The number of ether oxygens (including phenoxy) is 2. The summed E-state index contributed by atoms with van der Waals surface area (Å²) in [6, 6.07) is 5.34. The predicted octanol–water partition coefficient (Wildman–Crippen LogP) is 1.86. The Bertz CT molecular complexity index is 1140. The van der Waals surface area contributed by atoms with Gasteiger partial charge in [-0.05, 0) is 24.6 Å². The summed E-state index contributed by atoms with van der Waals surface area (Å²) in [7, 11) is 0. The third-order valence-electron chi connectivity index (χ3n) is 5.17. The van der Waals surface area contributed by atoms with Crippen LogP contribution in [0.3, 0.4) is 0 Å². The number of hydrogen-bond acceptors (Lipinski definition) is 11. The van der Waals surface area contributed by atoms with Gasteiger partial charge in [-0.25, -0.2) is 9.59 Å². The smallest absolute Gasteiger partial charge is 0.477 e. The number of carboxylic acid groups (broad SMARTS) is 1. The third-order valence-corrected chi connectivity index (χ3v) is 7.54. The number of non-ortho nitro benzene ring substituents is 1. The van der Waals surface area contributed by atoms with Gasteiger partial charge in [0.05, 0.1) is 9.83 Å². The minimum atomic E-state index is -1.45. The summed E-state index contributed by atoms with van der Waals surface area (Å²) in [5, 5.41) is 21.5. The van der Waals surface area contributed by atoms with Crippen LogP contribution in [0.2, 0.25) is 0 Å². The molecule has 0 radical (unpaired) electrons. The second-order valence-corrected chi connectivity index (χ2v) is 9.82. The third kappa shape index (κ3) is 5.96. The van der Waals surface area contributed by atoms with E-state index in [1.54, 1.807) is 0 Å². The van der Waals surface area contributed by atoms with Crippen molar-refractivity contribution in [2.45, 2.75) is 31.9 Å². The van der Waals surface area contributed by atoms with Crippen molar-refractivity contribution < 1.29 is 43.5 Å². The highest BCUT2D eigenvalue weighted by molar-refractivity contribution is 8.18. The molecule has 2 aliphatic heterocycles. The van der Waals surface area contributed by atoms with Crippen LogP contribution in [0.5, 0.6) is 0 Å². The molecule has 1 saturated heterocycles. The van der Waals surface area contributed by atoms with E-state index in [-0.39, 0.29) is 35.4 Å². The van der Waals surface area contributed by atoms with Crippen molar-refractivity contribution in [3.63, 3.8) is 0 Å². The molecule has 15 heteroatoms. The number of carboxylic acids is 1. The van der Waals surface area contributed by atoms with Crippen LogP contribution in [0.4, 0.5) is 10.5 Å². The van der Waals surface area contributed by atoms with Crippen molar-refractivity contribution in [1.29, 1.82) is 0 Å². The van der Waals surface area contributed by atoms with E-state index in [1.165, 1.54) is 38.1 Å². The maximum atomic E-state index is 12.8. The number of carbonyl (C=O) groups excluding carboxylic acids is 4. The van der Waals surface area contributed by atoms with Crippen molar-refractivity contribution >= 4 is 58.3 Å². The first kappa shape index (κ1) is 27.0. The van der Waals surface area contributed by atoms with Crippen molar-refractivity contribution in [2.75, 3.05) is 12.3 Å². The van der Waals surface area contributed by atoms with Gasteiger partial charge in [0.2, 0.25) is 16.9 Å². The molecule has 2 aliphatic rings. The van der Waals surface area contributed by atoms with Gasteiger partial charge < -0.3 is 19.9 Å². The molecular weight excluding hydrogens is 518 g/mol. The molecule has 0 aliphatic carbocycles. The zero-order chi connectivity index (χ0) is 26.6. The molecular formula is C21H21N3O10S2. The first-order chi connectivity index (χ1) is 17.0. The van der Waals surface area contributed by atoms with Crippen LogP contribution in [0.25, 0.3) is 0 Å². The molecule has 1 aromatic rings. The zero-order valence-electron chi connectivity index (χ0n) is 19.0. The van der Waals surface area contributed by atoms with Crippen molar-refractivity contribution in [3.05, 3.63) is 50.5 Å². The number of β-lactam (4-membered cyclic amide) rings is 1. The molecule has 2 N–H and O–H groups in total. The number of nitrogens with one attached hydrogen (secondary N) is 1. The van der Waals surface area contributed by atoms with E-state index in [1.807, 2.05) is 0 Å². The molecule has 0 unspecified atom stereocenters. The summed E-state index contributed by atoms with van der Waals surface area (Å²) in [4.78, 5) is 71.5. The zero-order valence-corrected chi connectivity index (χ0v) is 20.6. The summed E-state index contributed by atoms with van der Waals surface area (Å²) >= 11 is 1.69. The van der Waals surface area contributed by atoms with Gasteiger partial charge >= 0.3 is 12.1 Å². The highest BCUT2D eigenvalue weighted by Gasteiger charge is 2.58. The lowest BCUT2D eigenvalue weighted by atomic mass is 9.91. The average molecular weight is 540 g/mol. The SMILES string of the molecule is CC(=O)NCCSC1=C(C(=O)O)N2C(=O)[C@H]([C@@H](C)OC(=O)OCc3ccc([N+](=O)[O-])cc3)[C@@H]2SC1=O. The summed E-state index contributed by atoms with van der Waals surface area (Å²) in [6.45, 7) is 2.74. The Balaban J connectivity index is 1.60. The van der Waals surface area contributed by atoms with Gasteiger partial charge in [0, 0.05) is 31.4 Å². The number of fused-ring (bicyclic) bond motifs is 1. The van der Waals surface area contributed by atoms with Gasteiger partial charge in [-0.3, -0.25) is 29.4 Å². The van der Waals surface area contributed by atoms with Crippen molar-refractivity contribution in [3.8, 4) is 0 Å². The number of carbonyl (C=O) groups is 5. The lowest BCUT2D eigenvalue weighted by Gasteiger charge is -2.49. The molecule has 0 saturated carbocycles. The van der Waals surface area contributed by atoms with Crippen molar-refractivity contribution in [2.24, 2.45) is 5.92 Å². The Morgan fingerprint density at radius 2 is 1.94 bits per heavy atom. The summed E-state index contributed by atoms with van der Waals surface area (Å²) in [5.74, 6) is -3.07. The second kappa shape index (κ2) is 11.4. The summed E-state index contributed by atoms with van der Waals surface area (Å²) in [5.41, 5.74) is -0.0818. The maximum absolute atomic E-state index is 12.8. The van der Waals surface area contributed by atoms with Crippen LogP contribution in [-0.4, -0.2) is 67.8 Å². The Morgan fingerprint density at radius 3 is 2.53 bits per heavy atom. The fraction of sp³-hybridized carbons (Fsp3) is 0.381. The van der Waals surface area contributed by atoms with Gasteiger partial charge in [-0.1, -0.05) is 11.8 Å². The Labute approximate surface area is 212 Å². The molecule has 1 fully saturated rings. The molecule has 2 heterocycles. The molecule has 2 amide bonds. The quantitative estimate of drug-likeness (QED) is 0.145. The number of rotatable bonds is 10. The standard InChI is InChI=1S/C21H21N3O10S2/c1-10(34-21(30)33-9-12-3-5-13(6-4-12)24(31)32)14-17(26)23-15(19(27)28)16(20(29)36-18(14)23)35-8-7-22-11(2)25/h3-6,10,14,18H,7-9H2,1-2H3,(H,22,25)(H,27,28)/t10-,14+,18+/m1/s1. The maximum Gasteiger partial charge on any atom is 0.508 e. The molecule has 1 aromatic carbocycles. The number of thioether (sulfide) groups is 2. The molecule has 192 valence electrons. The van der Waals surface area contributed by atoms with E-state index in [0.29, 0.717) is 5.56 Å². The van der Waals surface area contributed by atoms with E-state index in [0.717, 1.165) is 28.4 Å². The van der Waals surface area contributed by atoms with E-state index in [2.05, 4.69) is 5.32 Å². The second-order valence-electron chi connectivity index (χ2n) is 7.63. The van der Waals surface area contributed by atoms with Gasteiger partial charge in [0.25, 0.3) is 5.69 Å². The lowest BCUT2D eigenvalue weighted by molar-refractivity contribution is -0.384. The summed E-state index contributed by atoms with van der Waals surface area (Å²) < 4.78 is 10.2. The monoisotopic (exact) mass is 539 g/mol. The van der Waals surface area contributed by atoms with Crippen LogP contribution in [0.1, 0.15) is 19.4 Å². The Hall–Kier alpha value is -3.59. The average Bonchev–Trinajstić information content (AvgIpc) is 2.80. The Kier molecular flexibility index (Phi) is 8.57. The number of nitrogens with zero attached hydrogens (tertiary/aromatic N) is 2. The highest BCUT2D eigenvalue weighted by atomic mass is 32.2. The lowest BCUT2D eigenvalue weighted by Crippen LogP contribution is -2.65. The fourth-order valence-corrected chi connectivity index (χ4v) is 5.87. The first-order valence-corrected chi connectivity index (χ1v) is 12.3. The Morgan fingerprint density at radius 1 is 1.28 bits per heavy atom. The van der Waals surface area contributed by atoms with Gasteiger partial charge in [-0.2, -0.15) is 0 Å². The molecule has 0 bridgehead atoms. The highest BCUT2D eigenvalue weighted by Crippen LogP contribution is 2.48. The van der Waals surface area contributed by atoms with E-state index in [9.17, 15) is 39.2 Å². The number of benzene rings is 1. The minimum Gasteiger partial charge on any atom is -0.477 e. The topological polar surface area (TPSA) is 182 Å².